The number of nitrogens with one attached hydrogen (secondary N) is 2. The van der Waals surface area contributed by atoms with Crippen LogP contribution in [0.25, 0.3) is 0 Å². The van der Waals surface area contributed by atoms with Gasteiger partial charge in [0.25, 0.3) is 0 Å². The lowest BCUT2D eigenvalue weighted by molar-refractivity contribution is -0.140. The Hall–Kier alpha value is -2.69. The monoisotopic (exact) mass is 446 g/mol. The molecule has 0 amide bonds. The Balaban J connectivity index is 2.13. The van der Waals surface area contributed by atoms with Crippen molar-refractivity contribution in [3.05, 3.63) is 33.8 Å². The standard InChI is InChI=1S/C19H25F3N4O3S/c1-5-23-18(25-10-16-26-15(11-30-16)19(20,21)22)24-9-12-7-13(27-3)17(29-6-2)14(8-12)28-4/h7-8,11H,5-6,9-10H2,1-4H3,(H2,23,24,25). The lowest BCUT2D eigenvalue weighted by atomic mass is 10.2. The molecule has 2 aromatic rings. The summed E-state index contributed by atoms with van der Waals surface area (Å²) in [5.41, 5.74) is -0.0715. The molecule has 7 nitrogen and oxygen atoms in total. The number of alkyl halides is 3. The SMILES string of the molecule is CCNC(=NCc1cc(OC)c(OCC)c(OC)c1)NCc1nc(C(F)(F)F)cs1. The molecule has 1 aromatic carbocycles. The van der Waals surface area contributed by atoms with Crippen LogP contribution in [-0.2, 0) is 19.3 Å². The van der Waals surface area contributed by atoms with Crippen LogP contribution in [-0.4, -0.2) is 38.3 Å². The Morgan fingerprint density at radius 1 is 1.13 bits per heavy atom. The van der Waals surface area contributed by atoms with Gasteiger partial charge in [0.05, 0.1) is 33.9 Å². The van der Waals surface area contributed by atoms with Gasteiger partial charge in [-0.2, -0.15) is 13.2 Å². The molecular weight excluding hydrogens is 421 g/mol. The Morgan fingerprint density at radius 3 is 2.30 bits per heavy atom. The van der Waals surface area contributed by atoms with Gasteiger partial charge in [0.15, 0.2) is 23.2 Å². The van der Waals surface area contributed by atoms with Gasteiger partial charge in [0.1, 0.15) is 5.01 Å². The quantitative estimate of drug-likeness (QED) is 0.450. The van der Waals surface area contributed by atoms with Crippen molar-refractivity contribution in [3.8, 4) is 17.2 Å². The predicted molar refractivity (Wildman–Crippen MR) is 109 cm³/mol. The van der Waals surface area contributed by atoms with E-state index in [0.717, 1.165) is 22.3 Å². The van der Waals surface area contributed by atoms with Crippen molar-refractivity contribution in [2.45, 2.75) is 33.1 Å². The van der Waals surface area contributed by atoms with E-state index in [1.165, 1.54) is 0 Å². The zero-order valence-corrected chi connectivity index (χ0v) is 18.0. The zero-order chi connectivity index (χ0) is 22.1. The maximum atomic E-state index is 12.7. The Kier molecular flexibility index (Phi) is 8.58. The van der Waals surface area contributed by atoms with E-state index in [4.69, 9.17) is 14.2 Å². The van der Waals surface area contributed by atoms with E-state index < -0.39 is 11.9 Å². The minimum atomic E-state index is -4.45. The van der Waals surface area contributed by atoms with Crippen molar-refractivity contribution in [1.82, 2.24) is 15.6 Å². The van der Waals surface area contributed by atoms with E-state index in [1.54, 1.807) is 26.4 Å². The summed E-state index contributed by atoms with van der Waals surface area (Å²) < 4.78 is 54.4. The van der Waals surface area contributed by atoms with E-state index >= 15 is 0 Å². The molecule has 0 aliphatic carbocycles. The second kappa shape index (κ2) is 10.9. The van der Waals surface area contributed by atoms with E-state index in [0.29, 0.717) is 47.9 Å². The molecule has 0 fully saturated rings. The first-order valence-electron chi connectivity index (χ1n) is 9.23. The number of hydrogen-bond acceptors (Lipinski definition) is 6. The fourth-order valence-electron chi connectivity index (χ4n) is 2.51. The first-order valence-corrected chi connectivity index (χ1v) is 10.1. The topological polar surface area (TPSA) is 77.0 Å². The van der Waals surface area contributed by atoms with E-state index in [-0.39, 0.29) is 6.54 Å². The van der Waals surface area contributed by atoms with Crippen LogP contribution in [0.1, 0.15) is 30.1 Å². The minimum absolute atomic E-state index is 0.127. The molecule has 1 heterocycles. The molecule has 0 radical (unpaired) electrons. The number of ether oxygens (including phenoxy) is 3. The second-order valence-electron chi connectivity index (χ2n) is 5.94. The van der Waals surface area contributed by atoms with E-state index in [1.807, 2.05) is 13.8 Å². The van der Waals surface area contributed by atoms with Gasteiger partial charge in [-0.05, 0) is 31.5 Å². The van der Waals surface area contributed by atoms with Gasteiger partial charge in [-0.3, -0.25) is 0 Å². The highest BCUT2D eigenvalue weighted by Crippen LogP contribution is 2.38. The van der Waals surface area contributed by atoms with Crippen molar-refractivity contribution >= 4 is 17.3 Å². The normalized spacial score (nSPS) is 11.9. The average molecular weight is 446 g/mol. The summed E-state index contributed by atoms with van der Waals surface area (Å²) in [6, 6.07) is 3.61. The Bertz CT molecular complexity index is 831. The van der Waals surface area contributed by atoms with Crippen molar-refractivity contribution in [1.29, 1.82) is 0 Å². The van der Waals surface area contributed by atoms with Gasteiger partial charge in [0.2, 0.25) is 5.75 Å². The molecule has 0 saturated carbocycles. The van der Waals surface area contributed by atoms with Crippen LogP contribution in [0.2, 0.25) is 0 Å². The zero-order valence-electron chi connectivity index (χ0n) is 17.2. The molecule has 0 unspecified atom stereocenters. The van der Waals surface area contributed by atoms with E-state index in [9.17, 15) is 13.2 Å². The summed E-state index contributed by atoms with van der Waals surface area (Å²) in [4.78, 5) is 8.08. The van der Waals surface area contributed by atoms with E-state index in [2.05, 4.69) is 20.6 Å². The summed E-state index contributed by atoms with van der Waals surface area (Å²) in [7, 11) is 3.08. The Morgan fingerprint density at radius 2 is 1.80 bits per heavy atom. The molecule has 2 N–H and O–H groups in total. The molecule has 0 atom stereocenters. The fraction of sp³-hybridized carbons (Fsp3) is 0.474. The minimum Gasteiger partial charge on any atom is -0.493 e. The van der Waals surface area contributed by atoms with Crippen LogP contribution in [0.4, 0.5) is 13.2 Å². The van der Waals surface area contributed by atoms with Gasteiger partial charge in [-0.25, -0.2) is 9.98 Å². The molecule has 30 heavy (non-hydrogen) atoms. The number of rotatable bonds is 9. The maximum absolute atomic E-state index is 12.7. The number of aliphatic imine (C=N–C) groups is 1. The molecule has 2 rings (SSSR count). The van der Waals surface area contributed by atoms with Crippen molar-refractivity contribution in [2.24, 2.45) is 4.99 Å². The highest BCUT2D eigenvalue weighted by molar-refractivity contribution is 7.09. The first kappa shape index (κ1) is 23.6. The number of halogens is 3. The van der Waals surface area contributed by atoms with Crippen LogP contribution < -0.4 is 24.8 Å². The van der Waals surface area contributed by atoms with Crippen LogP contribution in [0.3, 0.4) is 0 Å². The molecule has 0 spiro atoms. The van der Waals surface area contributed by atoms with Crippen molar-refractivity contribution < 1.29 is 27.4 Å². The molecule has 1 aromatic heterocycles. The first-order chi connectivity index (χ1) is 14.3. The third kappa shape index (κ3) is 6.41. The van der Waals surface area contributed by atoms with Gasteiger partial charge in [0, 0.05) is 11.9 Å². The van der Waals surface area contributed by atoms with Crippen molar-refractivity contribution in [3.63, 3.8) is 0 Å². The third-order valence-corrected chi connectivity index (χ3v) is 4.67. The summed E-state index contributed by atoms with van der Waals surface area (Å²) in [6.07, 6.45) is -4.45. The van der Waals surface area contributed by atoms with Gasteiger partial charge >= 0.3 is 6.18 Å². The number of aromatic nitrogens is 1. The molecule has 0 bridgehead atoms. The second-order valence-corrected chi connectivity index (χ2v) is 6.88. The number of thiazole rings is 1. The van der Waals surface area contributed by atoms with Crippen molar-refractivity contribution in [2.75, 3.05) is 27.4 Å². The number of hydrogen-bond donors (Lipinski definition) is 2. The van der Waals surface area contributed by atoms with Gasteiger partial charge in [-0.15, -0.1) is 11.3 Å². The average Bonchev–Trinajstić information content (AvgIpc) is 3.20. The fourth-order valence-corrected chi connectivity index (χ4v) is 3.25. The highest BCUT2D eigenvalue weighted by atomic mass is 32.1. The van der Waals surface area contributed by atoms with Crippen LogP contribution >= 0.6 is 11.3 Å². The molecule has 0 aliphatic rings. The Labute approximate surface area is 177 Å². The summed E-state index contributed by atoms with van der Waals surface area (Å²) in [5, 5.41) is 7.37. The molecule has 0 aliphatic heterocycles. The summed E-state index contributed by atoms with van der Waals surface area (Å²) >= 11 is 0.944. The number of benzene rings is 1. The van der Waals surface area contributed by atoms with Crippen LogP contribution in [0, 0.1) is 0 Å². The lowest BCUT2D eigenvalue weighted by Crippen LogP contribution is -2.36. The number of guanidine groups is 1. The third-order valence-electron chi connectivity index (χ3n) is 3.82. The number of nitrogens with zero attached hydrogens (tertiary/aromatic N) is 2. The smallest absolute Gasteiger partial charge is 0.434 e. The molecule has 11 heteroatoms. The lowest BCUT2D eigenvalue weighted by Gasteiger charge is -2.15. The highest BCUT2D eigenvalue weighted by Gasteiger charge is 2.33. The van der Waals surface area contributed by atoms with Crippen LogP contribution in [0.5, 0.6) is 17.2 Å². The molecule has 166 valence electrons. The predicted octanol–water partition coefficient (Wildman–Crippen LogP) is 3.83. The largest absolute Gasteiger partial charge is 0.493 e. The summed E-state index contributed by atoms with van der Waals surface area (Å²) in [6.45, 7) is 5.23. The maximum Gasteiger partial charge on any atom is 0.434 e. The molecular formula is C19H25F3N4O3S. The van der Waals surface area contributed by atoms with Gasteiger partial charge in [-0.1, -0.05) is 0 Å². The van der Waals surface area contributed by atoms with Crippen LogP contribution in [0.15, 0.2) is 22.5 Å². The van der Waals surface area contributed by atoms with Gasteiger partial charge < -0.3 is 24.8 Å². The molecule has 0 saturated heterocycles. The number of methoxy groups -OCH3 is 2. The summed E-state index contributed by atoms with van der Waals surface area (Å²) in [5.74, 6) is 2.03.